The molecule has 0 aliphatic carbocycles. The lowest BCUT2D eigenvalue weighted by atomic mass is 9.86. The molecule has 2 aromatic rings. The number of nitrogens with zero attached hydrogens (tertiary/aromatic N) is 2. The molecule has 7 nitrogen and oxygen atoms in total. The van der Waals surface area contributed by atoms with Crippen LogP contribution in [-0.2, 0) is 11.3 Å². The van der Waals surface area contributed by atoms with E-state index in [4.69, 9.17) is 14.2 Å². The van der Waals surface area contributed by atoms with Crippen LogP contribution in [0.3, 0.4) is 0 Å². The Bertz CT molecular complexity index is 923. The molecule has 2 atom stereocenters. The molecule has 0 radical (unpaired) electrons. The number of carbonyl (C=O) groups excluding carboxylic acids is 1. The highest BCUT2D eigenvalue weighted by molar-refractivity contribution is 5.62. The molecule has 2 aliphatic heterocycles. The van der Waals surface area contributed by atoms with Crippen molar-refractivity contribution in [2.75, 3.05) is 19.9 Å². The van der Waals surface area contributed by atoms with Crippen molar-refractivity contribution >= 4 is 6.09 Å². The largest absolute Gasteiger partial charge is 0.530 e. The summed E-state index contributed by atoms with van der Waals surface area (Å²) in [6.45, 7) is 1.04. The molecule has 4 rings (SSSR count). The number of carbonyl (C=O) groups is 1. The molecule has 144 valence electrons. The van der Waals surface area contributed by atoms with Crippen LogP contribution in [0.1, 0.15) is 29.0 Å². The fourth-order valence-corrected chi connectivity index (χ4v) is 3.73. The van der Waals surface area contributed by atoms with Gasteiger partial charge >= 0.3 is 0 Å². The summed E-state index contributed by atoms with van der Waals surface area (Å²) in [4.78, 5) is 12.6. The monoisotopic (exact) mass is 379 g/mol. The van der Waals surface area contributed by atoms with E-state index in [9.17, 15) is 15.2 Å². The molecule has 0 aromatic heterocycles. The minimum atomic E-state index is -1.20. The third kappa shape index (κ3) is 3.59. The Hall–Kier alpha value is -3.24. The van der Waals surface area contributed by atoms with Crippen LogP contribution >= 0.6 is 0 Å². The number of carboxylic acid groups (broad SMARTS) is 1. The van der Waals surface area contributed by atoms with Crippen LogP contribution in [0.5, 0.6) is 11.5 Å². The normalized spacial score (nSPS) is 20.6. The number of hydrogen-bond donors (Lipinski definition) is 0. The van der Waals surface area contributed by atoms with Gasteiger partial charge in [-0.1, -0.05) is 24.3 Å². The number of piperidine rings is 1. The molecular formula is C21H19N2O5-. The molecule has 0 saturated carbocycles. The van der Waals surface area contributed by atoms with Gasteiger partial charge in [0.15, 0.2) is 11.5 Å². The zero-order valence-electron chi connectivity index (χ0n) is 15.2. The van der Waals surface area contributed by atoms with E-state index in [-0.39, 0.29) is 32.0 Å². The topological polar surface area (TPSA) is 94.9 Å². The second-order valence-corrected chi connectivity index (χ2v) is 6.84. The molecule has 1 fully saturated rings. The zero-order chi connectivity index (χ0) is 19.5. The van der Waals surface area contributed by atoms with Crippen molar-refractivity contribution in [3.05, 3.63) is 59.2 Å². The van der Waals surface area contributed by atoms with Gasteiger partial charge in [-0.3, -0.25) is 0 Å². The first-order valence-electron chi connectivity index (χ1n) is 9.11. The predicted molar refractivity (Wildman–Crippen MR) is 96.6 cm³/mol. The Morgan fingerprint density at radius 3 is 2.89 bits per heavy atom. The molecule has 0 spiro atoms. The van der Waals surface area contributed by atoms with E-state index in [1.807, 2.05) is 30.3 Å². The van der Waals surface area contributed by atoms with Crippen LogP contribution in [0.2, 0.25) is 0 Å². The highest BCUT2D eigenvalue weighted by Crippen LogP contribution is 2.38. The first-order chi connectivity index (χ1) is 13.7. The average molecular weight is 379 g/mol. The summed E-state index contributed by atoms with van der Waals surface area (Å²) in [6, 6.07) is 15.2. The number of nitriles is 1. The lowest BCUT2D eigenvalue weighted by molar-refractivity contribution is -0.268. The number of rotatable bonds is 4. The van der Waals surface area contributed by atoms with Crippen molar-refractivity contribution in [1.82, 2.24) is 4.90 Å². The highest BCUT2D eigenvalue weighted by Gasteiger charge is 2.32. The van der Waals surface area contributed by atoms with E-state index in [0.717, 1.165) is 11.1 Å². The molecule has 1 saturated heterocycles. The summed E-state index contributed by atoms with van der Waals surface area (Å²) in [5.41, 5.74) is 2.34. The van der Waals surface area contributed by atoms with Crippen molar-refractivity contribution in [3.8, 4) is 17.6 Å². The van der Waals surface area contributed by atoms with Gasteiger partial charge in [-0.2, -0.15) is 5.26 Å². The maximum Gasteiger partial charge on any atom is 0.231 e. The summed E-state index contributed by atoms with van der Waals surface area (Å²) >= 11 is 0. The lowest BCUT2D eigenvalue weighted by Gasteiger charge is -2.40. The molecule has 2 aliphatic rings. The third-order valence-electron chi connectivity index (χ3n) is 5.23. The lowest BCUT2D eigenvalue weighted by Crippen LogP contribution is -2.51. The zero-order valence-corrected chi connectivity index (χ0v) is 15.2. The number of hydrogen-bond acceptors (Lipinski definition) is 6. The second kappa shape index (κ2) is 7.79. The molecule has 28 heavy (non-hydrogen) atoms. The van der Waals surface area contributed by atoms with Crippen molar-refractivity contribution in [2.45, 2.75) is 25.0 Å². The minimum absolute atomic E-state index is 0.000604. The Morgan fingerprint density at radius 1 is 1.25 bits per heavy atom. The van der Waals surface area contributed by atoms with Gasteiger partial charge in [0.2, 0.25) is 6.79 Å². The molecule has 7 heteroatoms. The SMILES string of the molecule is N#Cc1ccccc1COC1CN(C(=O)[O-])CCC1c1ccc2c(c1)OCO2. The average Bonchev–Trinajstić information content (AvgIpc) is 3.20. The Kier molecular flexibility index (Phi) is 5.04. The van der Waals surface area contributed by atoms with Crippen LogP contribution in [0.15, 0.2) is 42.5 Å². The van der Waals surface area contributed by atoms with E-state index in [0.29, 0.717) is 30.0 Å². The molecule has 2 aromatic carbocycles. The quantitative estimate of drug-likeness (QED) is 0.806. The van der Waals surface area contributed by atoms with Crippen LogP contribution < -0.4 is 14.6 Å². The fraction of sp³-hybridized carbons (Fsp3) is 0.333. The van der Waals surface area contributed by atoms with Gasteiger partial charge in [-0.05, 0) is 35.7 Å². The number of fused-ring (bicyclic) bond motifs is 1. The summed E-state index contributed by atoms with van der Waals surface area (Å²) in [5, 5.41) is 20.6. The van der Waals surface area contributed by atoms with E-state index < -0.39 is 6.09 Å². The smallest absolute Gasteiger partial charge is 0.231 e. The Morgan fingerprint density at radius 2 is 2.07 bits per heavy atom. The highest BCUT2D eigenvalue weighted by atomic mass is 16.7. The van der Waals surface area contributed by atoms with Gasteiger partial charge in [-0.15, -0.1) is 0 Å². The predicted octanol–water partition coefficient (Wildman–Crippen LogP) is 2.00. The van der Waals surface area contributed by atoms with Crippen molar-refractivity contribution in [3.63, 3.8) is 0 Å². The fourth-order valence-electron chi connectivity index (χ4n) is 3.73. The summed E-state index contributed by atoms with van der Waals surface area (Å²) in [7, 11) is 0. The van der Waals surface area contributed by atoms with Crippen LogP contribution in [0.25, 0.3) is 0 Å². The van der Waals surface area contributed by atoms with E-state index in [1.165, 1.54) is 4.90 Å². The van der Waals surface area contributed by atoms with Crippen LogP contribution in [0, 0.1) is 11.3 Å². The molecule has 0 N–H and O–H groups in total. The maximum absolute atomic E-state index is 11.4. The van der Waals surface area contributed by atoms with Gasteiger partial charge < -0.3 is 29.0 Å². The Balaban J connectivity index is 1.56. The summed E-state index contributed by atoms with van der Waals surface area (Å²) in [6.07, 6.45) is -0.952. The van der Waals surface area contributed by atoms with Crippen molar-refractivity contribution in [2.24, 2.45) is 0 Å². The van der Waals surface area contributed by atoms with Gasteiger partial charge in [0.1, 0.15) is 6.09 Å². The second-order valence-electron chi connectivity index (χ2n) is 6.84. The molecule has 0 bridgehead atoms. The van der Waals surface area contributed by atoms with Crippen molar-refractivity contribution < 1.29 is 24.1 Å². The molecular weight excluding hydrogens is 360 g/mol. The van der Waals surface area contributed by atoms with E-state index in [2.05, 4.69) is 6.07 Å². The van der Waals surface area contributed by atoms with Gasteiger partial charge in [0.05, 0.1) is 24.3 Å². The Labute approximate surface area is 162 Å². The molecule has 2 heterocycles. The van der Waals surface area contributed by atoms with Crippen molar-refractivity contribution in [1.29, 1.82) is 5.26 Å². The molecule has 2 unspecified atom stereocenters. The number of ether oxygens (including phenoxy) is 3. The van der Waals surface area contributed by atoms with E-state index >= 15 is 0 Å². The third-order valence-corrected chi connectivity index (χ3v) is 5.23. The van der Waals surface area contributed by atoms with Gasteiger partial charge in [0, 0.05) is 19.0 Å². The maximum atomic E-state index is 11.4. The first kappa shape index (κ1) is 18.1. The number of benzene rings is 2. The van der Waals surface area contributed by atoms with Gasteiger partial charge in [0.25, 0.3) is 0 Å². The van der Waals surface area contributed by atoms with Crippen LogP contribution in [0.4, 0.5) is 4.79 Å². The van der Waals surface area contributed by atoms with E-state index in [1.54, 1.807) is 12.1 Å². The molecule has 1 amide bonds. The first-order valence-corrected chi connectivity index (χ1v) is 9.11. The standard InChI is InChI=1S/C21H20N2O5/c22-10-15-3-1-2-4-16(15)12-26-20-11-23(21(24)25)8-7-17(20)14-5-6-18-19(9-14)28-13-27-18/h1-6,9,17,20H,7-8,11-13H2,(H,24,25)/p-1. The van der Waals surface area contributed by atoms with Crippen LogP contribution in [-0.4, -0.2) is 37.0 Å². The number of amides is 1. The summed E-state index contributed by atoms with van der Waals surface area (Å²) in [5.74, 6) is 1.39. The van der Waals surface area contributed by atoms with Gasteiger partial charge in [-0.25, -0.2) is 0 Å². The summed E-state index contributed by atoms with van der Waals surface area (Å²) < 4.78 is 17.0. The minimum Gasteiger partial charge on any atom is -0.530 e. The number of likely N-dealkylation sites (tertiary alicyclic amines) is 1.